The van der Waals surface area contributed by atoms with Crippen molar-refractivity contribution >= 4 is 34.0 Å². The van der Waals surface area contributed by atoms with Crippen LogP contribution < -0.4 is 15.5 Å². The van der Waals surface area contributed by atoms with Crippen molar-refractivity contribution in [3.8, 4) is 11.1 Å². The van der Waals surface area contributed by atoms with Crippen LogP contribution in [-0.2, 0) is 11.3 Å². The van der Waals surface area contributed by atoms with Gasteiger partial charge in [0.05, 0.1) is 0 Å². The van der Waals surface area contributed by atoms with E-state index in [4.69, 9.17) is 0 Å². The average Bonchev–Trinajstić information content (AvgIpc) is 3.58. The molecule has 0 aliphatic carbocycles. The van der Waals surface area contributed by atoms with Crippen molar-refractivity contribution in [3.05, 3.63) is 101 Å². The van der Waals surface area contributed by atoms with E-state index in [9.17, 15) is 9.59 Å². The minimum absolute atomic E-state index is 0.141. The summed E-state index contributed by atoms with van der Waals surface area (Å²) in [5.41, 5.74) is 5.60. The zero-order valence-electron chi connectivity index (χ0n) is 20.3. The van der Waals surface area contributed by atoms with E-state index in [0.717, 1.165) is 48.4 Å². The molecule has 3 heterocycles. The summed E-state index contributed by atoms with van der Waals surface area (Å²) in [4.78, 5) is 35.3. The van der Waals surface area contributed by atoms with Crippen LogP contribution in [0.1, 0.15) is 27.5 Å². The van der Waals surface area contributed by atoms with E-state index in [1.54, 1.807) is 11.1 Å². The summed E-state index contributed by atoms with van der Waals surface area (Å²) < 4.78 is 0. The van der Waals surface area contributed by atoms with Gasteiger partial charge < -0.3 is 15.1 Å². The predicted octanol–water partition coefficient (Wildman–Crippen LogP) is 4.56. The maximum Gasteiger partial charge on any atom is 0.255 e. The molecule has 3 aromatic carbocycles. The van der Waals surface area contributed by atoms with Crippen LogP contribution in [0.5, 0.6) is 0 Å². The number of anilines is 2. The first kappa shape index (κ1) is 23.4. The number of hydrogen-bond acceptors (Lipinski definition) is 6. The minimum atomic E-state index is -0.758. The third kappa shape index (κ3) is 4.73. The first-order valence-corrected chi connectivity index (χ1v) is 13.3. The number of fused-ring (bicyclic) bond motifs is 1. The topological polar surface area (TPSA) is 77.6 Å². The number of nitrogens with zero attached hydrogens (tertiary/aromatic N) is 3. The number of thiazole rings is 1. The normalized spacial score (nSPS) is 15.9. The number of benzene rings is 3. The van der Waals surface area contributed by atoms with Gasteiger partial charge in [-0.1, -0.05) is 54.6 Å². The quantitative estimate of drug-likeness (QED) is 0.399. The molecular formula is C29H27N5O2S. The molecule has 1 aromatic heterocycles. The highest BCUT2D eigenvalue weighted by atomic mass is 32.1. The minimum Gasteiger partial charge on any atom is -0.369 e. The summed E-state index contributed by atoms with van der Waals surface area (Å²) in [6.45, 7) is 4.37. The van der Waals surface area contributed by atoms with Crippen LogP contribution in [0.3, 0.4) is 0 Å². The molecule has 0 radical (unpaired) electrons. The Kier molecular flexibility index (Phi) is 6.42. The van der Waals surface area contributed by atoms with Crippen LogP contribution in [0.2, 0.25) is 0 Å². The Morgan fingerprint density at radius 1 is 0.973 bits per heavy atom. The van der Waals surface area contributed by atoms with Crippen LogP contribution in [-0.4, -0.2) is 47.9 Å². The third-order valence-corrected chi connectivity index (χ3v) is 7.65. The Balaban J connectivity index is 1.26. The molecule has 8 heteroatoms. The van der Waals surface area contributed by atoms with Crippen LogP contribution in [0.4, 0.5) is 10.8 Å². The van der Waals surface area contributed by atoms with Crippen LogP contribution in [0.25, 0.3) is 11.1 Å². The van der Waals surface area contributed by atoms with E-state index >= 15 is 0 Å². The lowest BCUT2D eigenvalue weighted by Gasteiger charge is -2.29. The molecular weight excluding hydrogens is 482 g/mol. The summed E-state index contributed by atoms with van der Waals surface area (Å²) in [5, 5.41) is 8.59. The lowest BCUT2D eigenvalue weighted by atomic mass is 10.00. The van der Waals surface area contributed by atoms with Gasteiger partial charge in [0.1, 0.15) is 6.04 Å². The van der Waals surface area contributed by atoms with Gasteiger partial charge in [-0.2, -0.15) is 0 Å². The molecule has 1 saturated heterocycles. The molecule has 1 atom stereocenters. The molecule has 0 spiro atoms. The van der Waals surface area contributed by atoms with E-state index in [0.29, 0.717) is 17.2 Å². The van der Waals surface area contributed by atoms with Crippen molar-refractivity contribution in [1.29, 1.82) is 0 Å². The molecule has 37 heavy (non-hydrogen) atoms. The molecule has 186 valence electrons. The van der Waals surface area contributed by atoms with Gasteiger partial charge in [0.2, 0.25) is 0 Å². The Morgan fingerprint density at radius 3 is 2.46 bits per heavy atom. The van der Waals surface area contributed by atoms with Crippen molar-refractivity contribution in [1.82, 2.24) is 15.2 Å². The van der Waals surface area contributed by atoms with Gasteiger partial charge in [0.25, 0.3) is 11.8 Å². The molecule has 4 aromatic rings. The van der Waals surface area contributed by atoms with Gasteiger partial charge >= 0.3 is 0 Å². The first-order valence-electron chi connectivity index (χ1n) is 12.4. The second-order valence-corrected chi connectivity index (χ2v) is 10.1. The molecule has 2 aliphatic heterocycles. The molecule has 2 aliphatic rings. The number of nitrogens with one attached hydrogen (secondary N) is 2. The molecule has 0 saturated carbocycles. The van der Waals surface area contributed by atoms with Crippen molar-refractivity contribution in [2.24, 2.45) is 0 Å². The fourth-order valence-corrected chi connectivity index (χ4v) is 5.60. The van der Waals surface area contributed by atoms with Crippen LogP contribution >= 0.6 is 11.3 Å². The number of carbonyl (C=O) groups is 2. The third-order valence-electron chi connectivity index (χ3n) is 6.96. The van der Waals surface area contributed by atoms with E-state index in [1.165, 1.54) is 17.0 Å². The highest BCUT2D eigenvalue weighted by molar-refractivity contribution is 7.13. The highest BCUT2D eigenvalue weighted by Gasteiger charge is 2.37. The fourth-order valence-electron chi connectivity index (χ4n) is 5.07. The number of hydrogen-bond donors (Lipinski definition) is 2. The Hall–Kier alpha value is -4.01. The van der Waals surface area contributed by atoms with E-state index < -0.39 is 6.04 Å². The molecule has 2 N–H and O–H groups in total. The lowest BCUT2D eigenvalue weighted by molar-refractivity contribution is -0.120. The Morgan fingerprint density at radius 2 is 1.73 bits per heavy atom. The first-order chi connectivity index (χ1) is 18.2. The molecule has 1 unspecified atom stereocenters. The maximum atomic E-state index is 13.7. The fraction of sp³-hybridized carbons (Fsp3) is 0.207. The van der Waals surface area contributed by atoms with Crippen LogP contribution in [0.15, 0.2) is 84.4 Å². The lowest BCUT2D eigenvalue weighted by Crippen LogP contribution is -2.43. The summed E-state index contributed by atoms with van der Waals surface area (Å²) >= 11 is 1.35. The highest BCUT2D eigenvalue weighted by Crippen LogP contribution is 2.35. The monoisotopic (exact) mass is 509 g/mol. The number of aromatic nitrogens is 1. The smallest absolute Gasteiger partial charge is 0.255 e. The molecule has 1 fully saturated rings. The molecule has 6 rings (SSSR count). The van der Waals surface area contributed by atoms with E-state index in [2.05, 4.69) is 50.8 Å². The second-order valence-electron chi connectivity index (χ2n) is 9.23. The Bertz CT molecular complexity index is 1400. The predicted molar refractivity (Wildman–Crippen MR) is 147 cm³/mol. The number of amides is 2. The number of rotatable bonds is 6. The van der Waals surface area contributed by atoms with Gasteiger partial charge in [-0.15, -0.1) is 11.3 Å². The SMILES string of the molecule is O=C(Nc1nccs1)C(c1ccccc1)N1Cc2ccc(-c3ccc(N4CCNCC4)cc3)cc2C1=O. The summed E-state index contributed by atoms with van der Waals surface area (Å²) in [7, 11) is 0. The summed E-state index contributed by atoms with van der Waals surface area (Å²) in [6.07, 6.45) is 1.65. The zero-order chi connectivity index (χ0) is 25.2. The van der Waals surface area contributed by atoms with Crippen molar-refractivity contribution in [2.75, 3.05) is 36.4 Å². The van der Waals surface area contributed by atoms with Gasteiger partial charge in [-0.3, -0.25) is 14.9 Å². The van der Waals surface area contributed by atoms with Crippen LogP contribution in [0, 0.1) is 0 Å². The summed E-state index contributed by atoms with van der Waals surface area (Å²) in [5.74, 6) is -0.413. The molecule has 0 bridgehead atoms. The van der Waals surface area contributed by atoms with Crippen molar-refractivity contribution < 1.29 is 9.59 Å². The second kappa shape index (κ2) is 10.2. The number of carbonyl (C=O) groups excluding carboxylic acids is 2. The molecule has 2 amide bonds. The maximum absolute atomic E-state index is 13.7. The van der Waals surface area contributed by atoms with Gasteiger partial charge in [-0.05, 0) is 40.5 Å². The average molecular weight is 510 g/mol. The zero-order valence-corrected chi connectivity index (χ0v) is 21.1. The van der Waals surface area contributed by atoms with Gasteiger partial charge in [0, 0.05) is 55.6 Å². The molecule has 7 nitrogen and oxygen atoms in total. The van der Waals surface area contributed by atoms with E-state index in [-0.39, 0.29) is 11.8 Å². The standard InChI is InChI=1S/C29H27N5O2S/c35-27(32-29-31-14-17-37-29)26(21-4-2-1-3-5-21)34-19-23-7-6-22(18-25(23)28(34)36)20-8-10-24(11-9-20)33-15-12-30-13-16-33/h1-11,14,17-18,26,30H,12-13,15-16,19H2,(H,31,32,35). The number of piperazine rings is 1. The van der Waals surface area contributed by atoms with Crippen molar-refractivity contribution in [2.45, 2.75) is 12.6 Å². The Labute approximate surface area is 219 Å². The largest absolute Gasteiger partial charge is 0.369 e. The van der Waals surface area contributed by atoms with E-state index in [1.807, 2.05) is 47.8 Å². The van der Waals surface area contributed by atoms with Crippen molar-refractivity contribution in [3.63, 3.8) is 0 Å². The van der Waals surface area contributed by atoms with Gasteiger partial charge in [0.15, 0.2) is 5.13 Å². The van der Waals surface area contributed by atoms with Gasteiger partial charge in [-0.25, -0.2) is 4.98 Å². The summed E-state index contributed by atoms with van der Waals surface area (Å²) in [6, 6.07) is 23.2.